The Morgan fingerprint density at radius 3 is 2.50 bits per heavy atom. The highest BCUT2D eigenvalue weighted by atomic mass is 35.5. The van der Waals surface area contributed by atoms with E-state index in [1.807, 2.05) is 24.8 Å². The van der Waals surface area contributed by atoms with E-state index in [2.05, 4.69) is 15.5 Å². The quantitative estimate of drug-likeness (QED) is 0.587. The third-order valence-electron chi connectivity index (χ3n) is 6.74. The smallest absolute Gasteiger partial charge is 0.238 e. The second-order valence-corrected chi connectivity index (χ2v) is 9.41. The maximum Gasteiger partial charge on any atom is 0.238 e. The first-order chi connectivity index (χ1) is 15.4. The van der Waals surface area contributed by atoms with Gasteiger partial charge in [0.05, 0.1) is 26.3 Å². The molecule has 1 saturated carbocycles. The van der Waals surface area contributed by atoms with Crippen molar-refractivity contribution in [3.63, 3.8) is 0 Å². The molecule has 1 saturated heterocycles. The second kappa shape index (κ2) is 12.0. The van der Waals surface area contributed by atoms with E-state index in [0.717, 1.165) is 44.7 Å². The first kappa shape index (κ1) is 25.0. The third-order valence-corrected chi connectivity index (χ3v) is 6.97. The van der Waals surface area contributed by atoms with E-state index in [0.29, 0.717) is 23.8 Å². The molecule has 1 aliphatic heterocycles. The van der Waals surface area contributed by atoms with Crippen LogP contribution in [0.3, 0.4) is 0 Å². The molecule has 2 aliphatic rings. The van der Waals surface area contributed by atoms with Gasteiger partial charge in [0.25, 0.3) is 0 Å². The number of hydrogen-bond acceptors (Lipinski definition) is 5. The fourth-order valence-corrected chi connectivity index (χ4v) is 4.95. The van der Waals surface area contributed by atoms with Gasteiger partial charge in [-0.05, 0) is 44.0 Å². The molecule has 0 aromatic heterocycles. The summed E-state index contributed by atoms with van der Waals surface area (Å²) in [6.45, 7) is 8.92. The second-order valence-electron chi connectivity index (χ2n) is 8.97. The Kier molecular flexibility index (Phi) is 9.34. The monoisotopic (exact) mass is 464 g/mol. The van der Waals surface area contributed by atoms with E-state index in [-0.39, 0.29) is 30.4 Å². The number of aryl methyl sites for hydroxylation is 1. The fraction of sp³-hybridized carbons (Fsp3) is 0.667. The lowest BCUT2D eigenvalue weighted by Crippen LogP contribution is -2.60. The summed E-state index contributed by atoms with van der Waals surface area (Å²) in [4.78, 5) is 29.7. The van der Waals surface area contributed by atoms with E-state index >= 15 is 0 Å². The SMILES string of the molecule is CCN(CC(=O)NCC1(N2CCOCC2)CCCCC1)CC(=O)Nc1cc(Cl)ccc1C. The van der Waals surface area contributed by atoms with Gasteiger partial charge in [0.1, 0.15) is 0 Å². The molecule has 1 aliphatic carbocycles. The molecule has 1 aromatic rings. The van der Waals surface area contributed by atoms with Crippen molar-refractivity contribution >= 4 is 29.1 Å². The Labute approximate surface area is 196 Å². The van der Waals surface area contributed by atoms with E-state index < -0.39 is 0 Å². The molecular weight excluding hydrogens is 428 g/mol. The molecule has 1 heterocycles. The molecule has 2 amide bonds. The van der Waals surface area contributed by atoms with Gasteiger partial charge >= 0.3 is 0 Å². The zero-order chi connectivity index (χ0) is 23.0. The number of carbonyl (C=O) groups excluding carboxylic acids is 2. The van der Waals surface area contributed by atoms with Gasteiger partial charge < -0.3 is 15.4 Å². The summed E-state index contributed by atoms with van der Waals surface area (Å²) in [6.07, 6.45) is 5.91. The fourth-order valence-electron chi connectivity index (χ4n) is 4.78. The van der Waals surface area contributed by atoms with Crippen molar-refractivity contribution in [3.05, 3.63) is 28.8 Å². The summed E-state index contributed by atoms with van der Waals surface area (Å²) in [5.74, 6) is -0.182. The van der Waals surface area contributed by atoms with Crippen LogP contribution in [0.2, 0.25) is 5.02 Å². The van der Waals surface area contributed by atoms with Crippen LogP contribution in [-0.4, -0.2) is 79.6 Å². The van der Waals surface area contributed by atoms with Gasteiger partial charge in [-0.2, -0.15) is 0 Å². The molecule has 7 nitrogen and oxygen atoms in total. The van der Waals surface area contributed by atoms with Gasteiger partial charge in [-0.3, -0.25) is 19.4 Å². The number of likely N-dealkylation sites (N-methyl/N-ethyl adjacent to an activating group) is 1. The lowest BCUT2D eigenvalue weighted by molar-refractivity contribution is -0.124. The van der Waals surface area contributed by atoms with Crippen LogP contribution in [0.15, 0.2) is 18.2 Å². The lowest BCUT2D eigenvalue weighted by atomic mass is 9.79. The van der Waals surface area contributed by atoms with Crippen molar-refractivity contribution in [2.24, 2.45) is 0 Å². The largest absolute Gasteiger partial charge is 0.379 e. The van der Waals surface area contributed by atoms with E-state index in [9.17, 15) is 9.59 Å². The average Bonchev–Trinajstić information content (AvgIpc) is 2.81. The van der Waals surface area contributed by atoms with E-state index in [1.165, 1.54) is 19.3 Å². The number of hydrogen-bond donors (Lipinski definition) is 2. The number of nitrogens with zero attached hydrogens (tertiary/aromatic N) is 2. The molecule has 32 heavy (non-hydrogen) atoms. The Bertz CT molecular complexity index is 777. The van der Waals surface area contributed by atoms with Crippen LogP contribution < -0.4 is 10.6 Å². The minimum absolute atomic E-state index is 0.0307. The summed E-state index contributed by atoms with van der Waals surface area (Å²) in [7, 11) is 0. The number of benzene rings is 1. The number of rotatable bonds is 9. The number of morpholine rings is 1. The van der Waals surface area contributed by atoms with Crippen LogP contribution in [0.1, 0.15) is 44.6 Å². The van der Waals surface area contributed by atoms with Crippen LogP contribution >= 0.6 is 11.6 Å². The van der Waals surface area contributed by atoms with Gasteiger partial charge in [0.2, 0.25) is 11.8 Å². The lowest BCUT2D eigenvalue weighted by Gasteiger charge is -2.48. The highest BCUT2D eigenvalue weighted by Crippen LogP contribution is 2.33. The van der Waals surface area contributed by atoms with Crippen LogP contribution in [0.4, 0.5) is 5.69 Å². The summed E-state index contributed by atoms with van der Waals surface area (Å²) in [5.41, 5.74) is 1.69. The van der Waals surface area contributed by atoms with Crippen molar-refractivity contribution in [1.29, 1.82) is 0 Å². The Morgan fingerprint density at radius 1 is 1.12 bits per heavy atom. The molecule has 1 aromatic carbocycles. The van der Waals surface area contributed by atoms with Crippen molar-refractivity contribution in [3.8, 4) is 0 Å². The van der Waals surface area contributed by atoms with Crippen molar-refractivity contribution < 1.29 is 14.3 Å². The highest BCUT2D eigenvalue weighted by Gasteiger charge is 2.38. The van der Waals surface area contributed by atoms with Crippen LogP contribution in [0, 0.1) is 6.92 Å². The minimum Gasteiger partial charge on any atom is -0.379 e. The predicted octanol–water partition coefficient (Wildman–Crippen LogP) is 3.06. The molecule has 2 fully saturated rings. The molecule has 8 heteroatoms. The number of amides is 2. The van der Waals surface area contributed by atoms with Crippen molar-refractivity contribution in [1.82, 2.24) is 15.1 Å². The standard InChI is InChI=1S/C24H37ClN4O3/c1-3-28(17-23(31)27-21-15-20(25)8-7-19(21)2)16-22(30)26-18-24(9-5-4-6-10-24)29-11-13-32-14-12-29/h7-8,15H,3-6,9-14,16-18H2,1-2H3,(H,26,30)(H,27,31). The summed E-state index contributed by atoms with van der Waals surface area (Å²) < 4.78 is 5.54. The van der Waals surface area contributed by atoms with Crippen LogP contribution in [0.25, 0.3) is 0 Å². The molecule has 0 spiro atoms. The Balaban J connectivity index is 1.51. The molecule has 0 bridgehead atoms. The first-order valence-electron chi connectivity index (χ1n) is 11.8. The van der Waals surface area contributed by atoms with E-state index in [1.54, 1.807) is 12.1 Å². The maximum absolute atomic E-state index is 12.8. The molecule has 0 radical (unpaired) electrons. The zero-order valence-corrected chi connectivity index (χ0v) is 20.2. The number of nitrogens with one attached hydrogen (secondary N) is 2. The number of ether oxygens (including phenoxy) is 1. The average molecular weight is 465 g/mol. The molecular formula is C24H37ClN4O3. The normalized spacial score (nSPS) is 19.0. The first-order valence-corrected chi connectivity index (χ1v) is 12.2. The summed E-state index contributed by atoms with van der Waals surface area (Å²) >= 11 is 6.04. The highest BCUT2D eigenvalue weighted by molar-refractivity contribution is 6.31. The maximum atomic E-state index is 12.8. The molecule has 2 N–H and O–H groups in total. The van der Waals surface area contributed by atoms with Crippen LogP contribution in [-0.2, 0) is 14.3 Å². The predicted molar refractivity (Wildman–Crippen MR) is 128 cm³/mol. The molecule has 3 rings (SSSR count). The van der Waals surface area contributed by atoms with Gasteiger partial charge in [0.15, 0.2) is 0 Å². The van der Waals surface area contributed by atoms with Gasteiger partial charge in [-0.1, -0.05) is 43.9 Å². The minimum atomic E-state index is -0.151. The van der Waals surface area contributed by atoms with Gasteiger partial charge in [0, 0.05) is 35.9 Å². The zero-order valence-electron chi connectivity index (χ0n) is 19.4. The number of anilines is 1. The summed E-state index contributed by atoms with van der Waals surface area (Å²) in [5, 5.41) is 6.67. The molecule has 178 valence electrons. The Morgan fingerprint density at radius 2 is 1.81 bits per heavy atom. The van der Waals surface area contributed by atoms with E-state index in [4.69, 9.17) is 16.3 Å². The third kappa shape index (κ3) is 6.91. The van der Waals surface area contributed by atoms with Crippen LogP contribution in [0.5, 0.6) is 0 Å². The molecule has 0 atom stereocenters. The summed E-state index contributed by atoms with van der Waals surface area (Å²) in [6, 6.07) is 5.41. The van der Waals surface area contributed by atoms with Crippen molar-refractivity contribution in [2.75, 3.05) is 57.8 Å². The van der Waals surface area contributed by atoms with Crippen molar-refractivity contribution in [2.45, 2.75) is 51.5 Å². The number of halogens is 1. The molecule has 0 unspecified atom stereocenters. The van der Waals surface area contributed by atoms with Gasteiger partial charge in [-0.15, -0.1) is 0 Å². The van der Waals surface area contributed by atoms with Gasteiger partial charge in [-0.25, -0.2) is 0 Å². The topological polar surface area (TPSA) is 73.9 Å². The number of carbonyl (C=O) groups is 2. The Hall–Kier alpha value is -1.67.